The van der Waals surface area contributed by atoms with Crippen molar-refractivity contribution in [2.24, 2.45) is 0 Å². The van der Waals surface area contributed by atoms with Gasteiger partial charge in [0.25, 0.3) is 0 Å². The number of aromatic nitrogens is 1. The number of rotatable bonds is 2. The first-order chi connectivity index (χ1) is 11.2. The predicted octanol–water partition coefficient (Wildman–Crippen LogP) is 3.91. The molecular weight excluding hydrogens is 284 g/mol. The second-order valence-corrected chi connectivity index (χ2v) is 6.23. The number of hydrogen-bond donors (Lipinski definition) is 1. The number of fused-ring (bicyclic) bond motifs is 3. The number of phenolic OH excluding ortho intramolecular Hbond substituents is 1. The highest BCUT2D eigenvalue weighted by molar-refractivity contribution is 5.45. The Balaban J connectivity index is 1.75. The summed E-state index contributed by atoms with van der Waals surface area (Å²) < 4.78 is 2.31. The molecule has 23 heavy (non-hydrogen) atoms. The molecule has 4 rings (SSSR count). The smallest absolute Gasteiger partial charge is 0.115 e. The van der Waals surface area contributed by atoms with Gasteiger partial charge in [-0.1, -0.05) is 30.3 Å². The standard InChI is InChI=1S/C20H20N2O/c1-21-14-16-5-2-3-6-18(16)22-12-4-7-19(22)20(21)13-15-8-10-17(23)11-9-15/h2-12,20,23H,13-14H2,1H3. The molecule has 1 aliphatic rings. The van der Waals surface area contributed by atoms with Crippen molar-refractivity contribution in [1.29, 1.82) is 0 Å². The summed E-state index contributed by atoms with van der Waals surface area (Å²) in [5.41, 5.74) is 5.16. The van der Waals surface area contributed by atoms with Crippen LogP contribution in [0.25, 0.3) is 5.69 Å². The lowest BCUT2D eigenvalue weighted by Gasteiger charge is -2.26. The molecule has 0 aliphatic carbocycles. The van der Waals surface area contributed by atoms with Gasteiger partial charge < -0.3 is 9.67 Å². The van der Waals surface area contributed by atoms with Crippen molar-refractivity contribution in [3.63, 3.8) is 0 Å². The monoisotopic (exact) mass is 304 g/mol. The fourth-order valence-corrected chi connectivity index (χ4v) is 3.48. The lowest BCUT2D eigenvalue weighted by molar-refractivity contribution is 0.234. The van der Waals surface area contributed by atoms with Crippen LogP contribution in [0, 0.1) is 0 Å². The molecule has 3 heteroatoms. The maximum Gasteiger partial charge on any atom is 0.115 e. The topological polar surface area (TPSA) is 28.4 Å². The number of phenols is 1. The van der Waals surface area contributed by atoms with Gasteiger partial charge in [0.2, 0.25) is 0 Å². The van der Waals surface area contributed by atoms with Crippen molar-refractivity contribution in [3.8, 4) is 11.4 Å². The lowest BCUT2D eigenvalue weighted by Crippen LogP contribution is -2.25. The number of aromatic hydroxyl groups is 1. The molecule has 2 aromatic carbocycles. The molecule has 1 aromatic heterocycles. The summed E-state index contributed by atoms with van der Waals surface area (Å²) >= 11 is 0. The Kier molecular flexibility index (Phi) is 3.43. The zero-order valence-electron chi connectivity index (χ0n) is 13.2. The number of para-hydroxylation sites is 1. The fourth-order valence-electron chi connectivity index (χ4n) is 3.48. The average molecular weight is 304 g/mol. The number of likely N-dealkylation sites (N-methyl/N-ethyl adjacent to an activating group) is 1. The van der Waals surface area contributed by atoms with Crippen LogP contribution in [-0.2, 0) is 13.0 Å². The average Bonchev–Trinajstić information content (AvgIpc) is 3.00. The summed E-state index contributed by atoms with van der Waals surface area (Å²) in [4.78, 5) is 2.41. The zero-order chi connectivity index (χ0) is 15.8. The quantitative estimate of drug-likeness (QED) is 0.777. The highest BCUT2D eigenvalue weighted by Crippen LogP contribution is 2.33. The van der Waals surface area contributed by atoms with Crippen molar-refractivity contribution in [1.82, 2.24) is 9.47 Å². The molecule has 3 nitrogen and oxygen atoms in total. The van der Waals surface area contributed by atoms with Crippen molar-refractivity contribution in [3.05, 3.63) is 83.7 Å². The van der Waals surface area contributed by atoms with Crippen molar-refractivity contribution >= 4 is 0 Å². The molecule has 1 N–H and O–H groups in total. The van der Waals surface area contributed by atoms with Crippen LogP contribution in [0.1, 0.15) is 22.9 Å². The van der Waals surface area contributed by atoms with E-state index in [2.05, 4.69) is 59.1 Å². The Hall–Kier alpha value is -2.52. The van der Waals surface area contributed by atoms with Gasteiger partial charge in [0.05, 0.1) is 6.04 Å². The van der Waals surface area contributed by atoms with Gasteiger partial charge in [-0.3, -0.25) is 4.90 Å². The van der Waals surface area contributed by atoms with Crippen molar-refractivity contribution < 1.29 is 5.11 Å². The van der Waals surface area contributed by atoms with Gasteiger partial charge in [-0.05, 0) is 54.9 Å². The lowest BCUT2D eigenvalue weighted by atomic mass is 10.0. The van der Waals surface area contributed by atoms with Gasteiger partial charge in [0.1, 0.15) is 5.75 Å². The fraction of sp³-hybridized carbons (Fsp3) is 0.200. The molecule has 1 aliphatic heterocycles. The van der Waals surface area contributed by atoms with Crippen LogP contribution in [0.15, 0.2) is 66.9 Å². The first-order valence-corrected chi connectivity index (χ1v) is 7.96. The Morgan fingerprint density at radius 2 is 1.78 bits per heavy atom. The Morgan fingerprint density at radius 1 is 1.00 bits per heavy atom. The molecule has 1 atom stereocenters. The van der Waals surface area contributed by atoms with Gasteiger partial charge in [-0.25, -0.2) is 0 Å². The molecule has 0 bridgehead atoms. The first kappa shape index (κ1) is 14.1. The third-order valence-corrected chi connectivity index (χ3v) is 4.69. The Bertz CT molecular complexity index is 820. The maximum absolute atomic E-state index is 9.49. The summed E-state index contributed by atoms with van der Waals surface area (Å²) in [6, 6.07) is 20.8. The van der Waals surface area contributed by atoms with Crippen LogP contribution in [0.5, 0.6) is 5.75 Å². The van der Waals surface area contributed by atoms with E-state index in [-0.39, 0.29) is 0 Å². The zero-order valence-corrected chi connectivity index (χ0v) is 13.2. The minimum atomic E-state index is 0.307. The van der Waals surface area contributed by atoms with Crippen LogP contribution in [0.4, 0.5) is 0 Å². The van der Waals surface area contributed by atoms with Crippen LogP contribution < -0.4 is 0 Å². The molecule has 0 saturated carbocycles. The molecule has 0 spiro atoms. The van der Waals surface area contributed by atoms with Gasteiger partial charge in [0, 0.05) is 24.1 Å². The molecule has 116 valence electrons. The largest absolute Gasteiger partial charge is 0.508 e. The molecule has 2 heterocycles. The maximum atomic E-state index is 9.49. The SMILES string of the molecule is CN1Cc2ccccc2-n2cccc2C1Cc1ccc(O)cc1. The summed E-state index contributed by atoms with van der Waals surface area (Å²) in [6.45, 7) is 0.931. The van der Waals surface area contributed by atoms with Crippen LogP contribution in [0.2, 0.25) is 0 Å². The molecular formula is C20H20N2O. The summed E-state index contributed by atoms with van der Waals surface area (Å²) in [5, 5.41) is 9.49. The van der Waals surface area contributed by atoms with Gasteiger partial charge in [-0.15, -0.1) is 0 Å². The van der Waals surface area contributed by atoms with Crippen molar-refractivity contribution in [2.75, 3.05) is 7.05 Å². The third-order valence-electron chi connectivity index (χ3n) is 4.69. The van der Waals surface area contributed by atoms with E-state index in [4.69, 9.17) is 0 Å². The first-order valence-electron chi connectivity index (χ1n) is 7.96. The normalized spacial score (nSPS) is 17.3. The van der Waals surface area contributed by atoms with Gasteiger partial charge >= 0.3 is 0 Å². The highest BCUT2D eigenvalue weighted by atomic mass is 16.3. The molecule has 0 fully saturated rings. The van der Waals surface area contributed by atoms with E-state index in [0.717, 1.165) is 13.0 Å². The van der Waals surface area contributed by atoms with E-state index < -0.39 is 0 Å². The van der Waals surface area contributed by atoms with E-state index in [0.29, 0.717) is 11.8 Å². The third kappa shape index (κ3) is 2.53. The summed E-state index contributed by atoms with van der Waals surface area (Å²) in [7, 11) is 2.19. The molecule has 1 unspecified atom stereocenters. The minimum Gasteiger partial charge on any atom is -0.508 e. The van der Waals surface area contributed by atoms with E-state index in [1.165, 1.54) is 22.5 Å². The highest BCUT2D eigenvalue weighted by Gasteiger charge is 2.25. The van der Waals surface area contributed by atoms with Crippen LogP contribution in [0.3, 0.4) is 0 Å². The van der Waals surface area contributed by atoms with Gasteiger partial charge in [-0.2, -0.15) is 0 Å². The number of nitrogens with zero attached hydrogens (tertiary/aromatic N) is 2. The molecule has 0 radical (unpaired) electrons. The second kappa shape index (κ2) is 5.60. The van der Waals surface area contributed by atoms with E-state index in [1.807, 2.05) is 12.1 Å². The Morgan fingerprint density at radius 3 is 2.61 bits per heavy atom. The van der Waals surface area contributed by atoms with Crippen LogP contribution >= 0.6 is 0 Å². The summed E-state index contributed by atoms with van der Waals surface area (Å²) in [6.07, 6.45) is 3.08. The van der Waals surface area contributed by atoms with E-state index >= 15 is 0 Å². The second-order valence-electron chi connectivity index (χ2n) is 6.23. The molecule has 3 aromatic rings. The van der Waals surface area contributed by atoms with E-state index in [1.54, 1.807) is 12.1 Å². The summed E-state index contributed by atoms with van der Waals surface area (Å²) in [5.74, 6) is 0.318. The van der Waals surface area contributed by atoms with Crippen molar-refractivity contribution in [2.45, 2.75) is 19.0 Å². The predicted molar refractivity (Wildman–Crippen MR) is 91.8 cm³/mol. The Labute approximate surface area is 136 Å². The number of hydrogen-bond acceptors (Lipinski definition) is 2. The molecule has 0 saturated heterocycles. The minimum absolute atomic E-state index is 0.307. The molecule has 0 amide bonds. The van der Waals surface area contributed by atoms with E-state index in [9.17, 15) is 5.11 Å². The van der Waals surface area contributed by atoms with Gasteiger partial charge in [0.15, 0.2) is 0 Å². The number of benzene rings is 2. The van der Waals surface area contributed by atoms with Crippen LogP contribution in [-0.4, -0.2) is 21.6 Å².